The third-order valence-corrected chi connectivity index (χ3v) is 5.42. The molecular weight excluding hydrogens is 413 g/mol. The van der Waals surface area contributed by atoms with Crippen molar-refractivity contribution in [3.63, 3.8) is 0 Å². The van der Waals surface area contributed by atoms with Gasteiger partial charge in [-0.3, -0.25) is 14.9 Å². The van der Waals surface area contributed by atoms with Crippen LogP contribution in [0.4, 0.5) is 15.2 Å². The number of nitrogens with one attached hydrogen (secondary N) is 2. The summed E-state index contributed by atoms with van der Waals surface area (Å²) in [6, 6.07) is 20.4. The first-order valence-electron chi connectivity index (χ1n) is 9.50. The van der Waals surface area contributed by atoms with Gasteiger partial charge in [0.1, 0.15) is 5.82 Å². The normalized spacial score (nSPS) is 10.5. The summed E-state index contributed by atoms with van der Waals surface area (Å²) < 4.78 is 13.9. The fourth-order valence-corrected chi connectivity index (χ4v) is 3.69. The van der Waals surface area contributed by atoms with Crippen LogP contribution in [-0.4, -0.2) is 16.8 Å². The Hall–Kier alpha value is -3.84. The summed E-state index contributed by atoms with van der Waals surface area (Å²) in [7, 11) is 0. The van der Waals surface area contributed by atoms with Crippen molar-refractivity contribution >= 4 is 34.0 Å². The van der Waals surface area contributed by atoms with Crippen LogP contribution in [0.25, 0.3) is 11.3 Å². The minimum absolute atomic E-state index is 0.0621. The van der Waals surface area contributed by atoms with E-state index in [1.54, 1.807) is 31.2 Å². The van der Waals surface area contributed by atoms with E-state index in [1.165, 1.54) is 29.5 Å². The van der Waals surface area contributed by atoms with Crippen LogP contribution < -0.4 is 10.6 Å². The largest absolute Gasteiger partial charge is 0.322 e. The second-order valence-corrected chi connectivity index (χ2v) is 7.68. The summed E-state index contributed by atoms with van der Waals surface area (Å²) in [5, 5.41) is 7.81. The number of aromatic nitrogens is 1. The van der Waals surface area contributed by atoms with E-state index in [4.69, 9.17) is 0 Å². The predicted octanol–water partition coefficient (Wildman–Crippen LogP) is 5.76. The molecule has 1 heterocycles. The fourth-order valence-electron chi connectivity index (χ4n) is 2.97. The van der Waals surface area contributed by atoms with Crippen LogP contribution in [0.1, 0.15) is 26.3 Å². The lowest BCUT2D eigenvalue weighted by molar-refractivity contribution is 0.101. The highest BCUT2D eigenvalue weighted by molar-refractivity contribution is 7.14. The van der Waals surface area contributed by atoms with Gasteiger partial charge in [-0.1, -0.05) is 48.5 Å². The van der Waals surface area contributed by atoms with Gasteiger partial charge in [-0.15, -0.1) is 11.3 Å². The van der Waals surface area contributed by atoms with Crippen molar-refractivity contribution in [2.24, 2.45) is 0 Å². The van der Waals surface area contributed by atoms with E-state index in [-0.39, 0.29) is 11.5 Å². The van der Waals surface area contributed by atoms with Crippen molar-refractivity contribution in [2.75, 3.05) is 10.6 Å². The minimum atomic E-state index is -0.607. The van der Waals surface area contributed by atoms with Crippen LogP contribution in [0.15, 0.2) is 78.2 Å². The Kier molecular flexibility index (Phi) is 5.86. The minimum Gasteiger partial charge on any atom is -0.322 e. The number of thiazole rings is 1. The summed E-state index contributed by atoms with van der Waals surface area (Å²) in [4.78, 5) is 29.6. The summed E-state index contributed by atoms with van der Waals surface area (Å²) >= 11 is 1.33. The second kappa shape index (κ2) is 8.89. The lowest BCUT2D eigenvalue weighted by atomic mass is 10.1. The Labute approximate surface area is 182 Å². The average Bonchev–Trinajstić information content (AvgIpc) is 3.24. The van der Waals surface area contributed by atoms with Gasteiger partial charge in [-0.05, 0) is 36.8 Å². The molecule has 0 aliphatic heterocycles. The molecule has 0 unspecified atom stereocenters. The van der Waals surface area contributed by atoms with Crippen LogP contribution in [0, 0.1) is 12.7 Å². The number of carbonyl (C=O) groups excluding carboxylic acids is 2. The number of hydrogen-bond donors (Lipinski definition) is 2. The van der Waals surface area contributed by atoms with E-state index in [0.717, 1.165) is 16.8 Å². The van der Waals surface area contributed by atoms with Gasteiger partial charge in [0.2, 0.25) is 0 Å². The number of aryl methyl sites for hydroxylation is 1. The first kappa shape index (κ1) is 20.4. The Morgan fingerprint density at radius 2 is 1.65 bits per heavy atom. The van der Waals surface area contributed by atoms with Crippen molar-refractivity contribution in [1.82, 2.24) is 4.98 Å². The first-order chi connectivity index (χ1) is 15.0. The molecular formula is C24H18FN3O2S. The molecule has 5 nitrogen and oxygen atoms in total. The van der Waals surface area contributed by atoms with Gasteiger partial charge < -0.3 is 5.32 Å². The number of nitrogens with zero attached hydrogens (tertiary/aromatic N) is 1. The molecule has 4 rings (SSSR count). The van der Waals surface area contributed by atoms with Crippen molar-refractivity contribution in [3.05, 3.63) is 101 Å². The monoisotopic (exact) mass is 431 g/mol. The van der Waals surface area contributed by atoms with Gasteiger partial charge in [0.15, 0.2) is 5.13 Å². The summed E-state index contributed by atoms with van der Waals surface area (Å²) in [5.74, 6) is -1.54. The summed E-state index contributed by atoms with van der Waals surface area (Å²) in [6.07, 6.45) is 0. The lowest BCUT2D eigenvalue weighted by Crippen LogP contribution is -2.16. The molecule has 0 bridgehead atoms. The number of hydrogen-bond acceptors (Lipinski definition) is 4. The SMILES string of the molecule is Cc1ccc(C(=O)Nc2nc(-c3ccccc3)cs2)cc1NC(=O)c1ccccc1F. The first-order valence-corrected chi connectivity index (χ1v) is 10.4. The number of benzene rings is 3. The number of amides is 2. The molecule has 0 fully saturated rings. The molecule has 31 heavy (non-hydrogen) atoms. The summed E-state index contributed by atoms with van der Waals surface area (Å²) in [6.45, 7) is 1.80. The maximum Gasteiger partial charge on any atom is 0.258 e. The molecule has 2 N–H and O–H groups in total. The molecule has 3 aromatic carbocycles. The topological polar surface area (TPSA) is 71.1 Å². The number of carbonyl (C=O) groups is 2. The molecule has 0 saturated heterocycles. The average molecular weight is 431 g/mol. The molecule has 0 aliphatic carbocycles. The quantitative estimate of drug-likeness (QED) is 0.422. The molecule has 0 aliphatic rings. The van der Waals surface area contributed by atoms with E-state index >= 15 is 0 Å². The molecule has 0 atom stereocenters. The van der Waals surface area contributed by atoms with Crippen LogP contribution in [0.3, 0.4) is 0 Å². The Balaban J connectivity index is 1.50. The predicted molar refractivity (Wildman–Crippen MR) is 121 cm³/mol. The van der Waals surface area contributed by atoms with Crippen LogP contribution in [-0.2, 0) is 0 Å². The van der Waals surface area contributed by atoms with Gasteiger partial charge in [0.25, 0.3) is 11.8 Å². The van der Waals surface area contributed by atoms with Gasteiger partial charge in [0.05, 0.1) is 11.3 Å². The van der Waals surface area contributed by atoms with Gasteiger partial charge in [0, 0.05) is 22.2 Å². The standard InChI is InChI=1S/C24H18FN3O2S/c1-15-11-12-17(13-20(15)26-23(30)18-9-5-6-10-19(18)25)22(29)28-24-27-21(14-31-24)16-7-3-2-4-8-16/h2-14H,1H3,(H,26,30)(H,27,28,29). The molecule has 7 heteroatoms. The van der Waals surface area contributed by atoms with E-state index in [0.29, 0.717) is 16.4 Å². The highest BCUT2D eigenvalue weighted by Gasteiger charge is 2.15. The van der Waals surface area contributed by atoms with E-state index in [1.807, 2.05) is 35.7 Å². The zero-order valence-electron chi connectivity index (χ0n) is 16.6. The lowest BCUT2D eigenvalue weighted by Gasteiger charge is -2.11. The van der Waals surface area contributed by atoms with Crippen molar-refractivity contribution < 1.29 is 14.0 Å². The summed E-state index contributed by atoms with van der Waals surface area (Å²) in [5.41, 5.74) is 3.22. The zero-order valence-corrected chi connectivity index (χ0v) is 17.4. The number of halogens is 1. The molecule has 154 valence electrons. The molecule has 4 aromatic rings. The molecule has 2 amide bonds. The second-order valence-electron chi connectivity index (χ2n) is 6.82. The van der Waals surface area contributed by atoms with Gasteiger partial charge in [-0.25, -0.2) is 9.37 Å². The number of rotatable bonds is 5. The van der Waals surface area contributed by atoms with Crippen LogP contribution in [0.5, 0.6) is 0 Å². The van der Waals surface area contributed by atoms with Gasteiger partial charge >= 0.3 is 0 Å². The van der Waals surface area contributed by atoms with Crippen LogP contribution >= 0.6 is 11.3 Å². The van der Waals surface area contributed by atoms with E-state index < -0.39 is 11.7 Å². The van der Waals surface area contributed by atoms with E-state index in [2.05, 4.69) is 15.6 Å². The smallest absolute Gasteiger partial charge is 0.258 e. The molecule has 0 radical (unpaired) electrons. The third-order valence-electron chi connectivity index (χ3n) is 4.66. The van der Waals surface area contributed by atoms with Gasteiger partial charge in [-0.2, -0.15) is 0 Å². The third kappa shape index (κ3) is 4.67. The zero-order chi connectivity index (χ0) is 21.8. The molecule has 0 saturated carbocycles. The Morgan fingerprint density at radius 3 is 2.42 bits per heavy atom. The maximum absolute atomic E-state index is 13.9. The molecule has 1 aromatic heterocycles. The molecule has 0 spiro atoms. The van der Waals surface area contributed by atoms with Crippen LogP contribution in [0.2, 0.25) is 0 Å². The highest BCUT2D eigenvalue weighted by Crippen LogP contribution is 2.25. The van der Waals surface area contributed by atoms with Crippen molar-refractivity contribution in [2.45, 2.75) is 6.92 Å². The van der Waals surface area contributed by atoms with Crippen molar-refractivity contribution in [1.29, 1.82) is 0 Å². The Bertz CT molecular complexity index is 1250. The van der Waals surface area contributed by atoms with E-state index in [9.17, 15) is 14.0 Å². The maximum atomic E-state index is 13.9. The Morgan fingerprint density at radius 1 is 0.903 bits per heavy atom. The number of anilines is 2. The van der Waals surface area contributed by atoms with Crippen molar-refractivity contribution in [3.8, 4) is 11.3 Å². The fraction of sp³-hybridized carbons (Fsp3) is 0.0417. The highest BCUT2D eigenvalue weighted by atomic mass is 32.1.